The predicted molar refractivity (Wildman–Crippen MR) is 133 cm³/mol. The van der Waals surface area contributed by atoms with Crippen LogP contribution >= 0.6 is 0 Å². The summed E-state index contributed by atoms with van der Waals surface area (Å²) in [6, 6.07) is 12.0. The van der Waals surface area contributed by atoms with E-state index < -0.39 is 0 Å². The van der Waals surface area contributed by atoms with Crippen molar-refractivity contribution in [2.75, 3.05) is 38.0 Å². The first-order valence-corrected chi connectivity index (χ1v) is 11.1. The lowest BCUT2D eigenvalue weighted by Crippen LogP contribution is -2.26. The van der Waals surface area contributed by atoms with E-state index in [0.717, 1.165) is 44.7 Å². The van der Waals surface area contributed by atoms with E-state index in [9.17, 15) is 0 Å². The van der Waals surface area contributed by atoms with Crippen LogP contribution in [0.5, 0.6) is 17.2 Å². The highest BCUT2D eigenvalue weighted by molar-refractivity contribution is 5.92. The second kappa shape index (κ2) is 8.32. The Morgan fingerprint density at radius 3 is 2.71 bits per heavy atom. The number of methoxy groups -OCH3 is 2. The molecule has 3 aromatic heterocycles. The first-order valence-electron chi connectivity index (χ1n) is 11.1. The van der Waals surface area contributed by atoms with Crippen molar-refractivity contribution in [3.8, 4) is 28.4 Å². The van der Waals surface area contributed by atoms with Gasteiger partial charge >= 0.3 is 0 Å². The van der Waals surface area contributed by atoms with Gasteiger partial charge in [0.15, 0.2) is 23.1 Å². The average Bonchev–Trinajstić information content (AvgIpc) is 3.13. The van der Waals surface area contributed by atoms with Crippen LogP contribution in [0.1, 0.15) is 5.56 Å². The molecule has 1 aliphatic heterocycles. The molecular weight excluding hydrogens is 446 g/mol. The summed E-state index contributed by atoms with van der Waals surface area (Å²) in [5.74, 6) is 3.28. The van der Waals surface area contributed by atoms with Crippen LogP contribution in [-0.2, 0) is 6.54 Å². The molecule has 5 aromatic rings. The third-order valence-electron chi connectivity index (χ3n) is 6.15. The first-order chi connectivity index (χ1) is 17.1. The van der Waals surface area contributed by atoms with Crippen LogP contribution in [0.4, 0.5) is 11.8 Å². The van der Waals surface area contributed by atoms with Crippen LogP contribution in [0.2, 0.25) is 0 Å². The van der Waals surface area contributed by atoms with E-state index in [0.29, 0.717) is 42.8 Å². The predicted octanol–water partition coefficient (Wildman–Crippen LogP) is 3.57. The number of nitrogen functional groups attached to an aromatic ring is 1. The number of nitrogens with two attached hydrogens (primary N) is 1. The highest BCUT2D eigenvalue weighted by Gasteiger charge is 2.21. The monoisotopic (exact) mass is 469 g/mol. The fourth-order valence-corrected chi connectivity index (χ4v) is 4.45. The highest BCUT2D eigenvalue weighted by Crippen LogP contribution is 2.37. The van der Waals surface area contributed by atoms with Gasteiger partial charge in [-0.25, -0.2) is 15.0 Å². The molecule has 0 radical (unpaired) electrons. The van der Waals surface area contributed by atoms with Gasteiger partial charge in [-0.2, -0.15) is 4.98 Å². The smallest absolute Gasteiger partial charge is 0.200 e. The number of hydrogen-bond acceptors (Lipinski definition) is 9. The number of rotatable bonds is 4. The summed E-state index contributed by atoms with van der Waals surface area (Å²) in [6.45, 7) is 1.83. The van der Waals surface area contributed by atoms with Crippen molar-refractivity contribution in [2.24, 2.45) is 0 Å². The number of hydrogen-bond donors (Lipinski definition) is 2. The minimum absolute atomic E-state index is 0.349. The molecule has 0 atom stereocenters. The van der Waals surface area contributed by atoms with E-state index in [2.05, 4.69) is 35.9 Å². The van der Waals surface area contributed by atoms with Gasteiger partial charge in [0.2, 0.25) is 0 Å². The van der Waals surface area contributed by atoms with Crippen molar-refractivity contribution in [2.45, 2.75) is 6.54 Å². The summed E-state index contributed by atoms with van der Waals surface area (Å²) < 4.78 is 17.0. The molecule has 0 bridgehead atoms. The number of fused-ring (bicyclic) bond motifs is 3. The second-order valence-electron chi connectivity index (χ2n) is 8.23. The zero-order valence-corrected chi connectivity index (χ0v) is 19.3. The molecule has 0 unspecified atom stereocenters. The Hall–Kier alpha value is -4.60. The van der Waals surface area contributed by atoms with Gasteiger partial charge < -0.3 is 29.8 Å². The van der Waals surface area contributed by atoms with Crippen molar-refractivity contribution in [3.05, 3.63) is 54.5 Å². The van der Waals surface area contributed by atoms with Crippen molar-refractivity contribution in [1.29, 1.82) is 0 Å². The number of nitrogens with zero attached hydrogens (tertiary/aromatic N) is 5. The third-order valence-corrected chi connectivity index (χ3v) is 6.15. The van der Waals surface area contributed by atoms with Crippen LogP contribution in [0.3, 0.4) is 0 Å². The van der Waals surface area contributed by atoms with E-state index in [1.165, 1.54) is 0 Å². The van der Waals surface area contributed by atoms with Gasteiger partial charge in [0.1, 0.15) is 24.5 Å². The molecule has 0 amide bonds. The lowest BCUT2D eigenvalue weighted by atomic mass is 10.0. The number of nitrogens with one attached hydrogen (secondary N) is 1. The number of pyridine rings is 1. The summed E-state index contributed by atoms with van der Waals surface area (Å²) >= 11 is 0. The zero-order valence-electron chi connectivity index (χ0n) is 19.3. The van der Waals surface area contributed by atoms with Crippen LogP contribution in [0, 0.1) is 0 Å². The van der Waals surface area contributed by atoms with Crippen molar-refractivity contribution >= 4 is 33.8 Å². The lowest BCUT2D eigenvalue weighted by molar-refractivity contribution is 0.331. The fourth-order valence-electron chi connectivity index (χ4n) is 4.45. The van der Waals surface area contributed by atoms with Gasteiger partial charge in [0, 0.05) is 35.3 Å². The Kier molecular flexibility index (Phi) is 4.98. The van der Waals surface area contributed by atoms with E-state index in [1.807, 2.05) is 30.3 Å². The van der Waals surface area contributed by atoms with Gasteiger partial charge in [-0.05, 0) is 29.8 Å². The average molecular weight is 470 g/mol. The number of aromatic nitrogens is 5. The van der Waals surface area contributed by atoms with E-state index in [1.54, 1.807) is 26.7 Å². The number of benzene rings is 2. The van der Waals surface area contributed by atoms with Gasteiger partial charge in [0.05, 0.1) is 31.8 Å². The molecule has 35 heavy (non-hydrogen) atoms. The third kappa shape index (κ3) is 3.68. The van der Waals surface area contributed by atoms with E-state index in [4.69, 9.17) is 19.9 Å². The summed E-state index contributed by atoms with van der Waals surface area (Å²) in [4.78, 5) is 22.9. The van der Waals surface area contributed by atoms with Gasteiger partial charge in [-0.3, -0.25) is 0 Å². The van der Waals surface area contributed by atoms with Crippen LogP contribution in [0.25, 0.3) is 33.2 Å². The van der Waals surface area contributed by atoms with Crippen LogP contribution in [-0.4, -0.2) is 52.3 Å². The molecule has 0 saturated carbocycles. The standard InChI is InChI=1S/C25H23N7O3/c1-33-21-9-17-18(10-22(21)34-2)28-13-29-24(17)32-5-6-35-20-4-3-14(7-16(20)12-32)15-8-19-23(27-11-15)31-25(26)30-19/h3-4,7-11,13H,5-6,12H2,1-2H3,(H3,26,27,30,31). The molecule has 0 saturated heterocycles. The summed E-state index contributed by atoms with van der Waals surface area (Å²) in [7, 11) is 3.23. The Balaban J connectivity index is 1.39. The number of imidazole rings is 1. The molecular formula is C25H23N7O3. The second-order valence-corrected chi connectivity index (χ2v) is 8.23. The van der Waals surface area contributed by atoms with E-state index in [-0.39, 0.29) is 0 Å². The maximum Gasteiger partial charge on any atom is 0.200 e. The SMILES string of the molecule is COc1cc2ncnc(N3CCOc4ccc(-c5cnc6nc(N)[nH]c6c5)cc4C3)c2cc1OC. The largest absolute Gasteiger partial charge is 0.493 e. The molecule has 0 aliphatic carbocycles. The number of anilines is 2. The maximum atomic E-state index is 6.08. The number of aromatic amines is 1. The maximum absolute atomic E-state index is 6.08. The quantitative estimate of drug-likeness (QED) is 0.406. The van der Waals surface area contributed by atoms with Crippen molar-refractivity contribution in [1.82, 2.24) is 24.9 Å². The van der Waals surface area contributed by atoms with Crippen LogP contribution < -0.4 is 24.8 Å². The minimum atomic E-state index is 0.349. The fraction of sp³-hybridized carbons (Fsp3) is 0.200. The summed E-state index contributed by atoms with van der Waals surface area (Å²) in [6.07, 6.45) is 3.38. The minimum Gasteiger partial charge on any atom is -0.493 e. The normalized spacial score (nSPS) is 13.4. The molecule has 10 nitrogen and oxygen atoms in total. The summed E-state index contributed by atoms with van der Waals surface area (Å²) in [5, 5.41) is 0.885. The molecule has 176 valence electrons. The molecule has 0 spiro atoms. The number of ether oxygens (including phenoxy) is 3. The van der Waals surface area contributed by atoms with Gasteiger partial charge in [-0.15, -0.1) is 0 Å². The molecule has 3 N–H and O–H groups in total. The lowest BCUT2D eigenvalue weighted by Gasteiger charge is -2.23. The molecule has 2 aromatic carbocycles. The van der Waals surface area contributed by atoms with Crippen molar-refractivity contribution in [3.63, 3.8) is 0 Å². The van der Waals surface area contributed by atoms with Gasteiger partial charge in [-0.1, -0.05) is 6.07 Å². The topological polar surface area (TPSA) is 124 Å². The Labute approximate surface area is 200 Å². The Bertz CT molecular complexity index is 1570. The van der Waals surface area contributed by atoms with Crippen molar-refractivity contribution < 1.29 is 14.2 Å². The molecule has 1 aliphatic rings. The van der Waals surface area contributed by atoms with E-state index >= 15 is 0 Å². The summed E-state index contributed by atoms with van der Waals surface area (Å²) in [5.41, 5.74) is 11.0. The first kappa shape index (κ1) is 21.0. The molecule has 0 fully saturated rings. The molecule has 6 rings (SSSR count). The van der Waals surface area contributed by atoms with Crippen LogP contribution in [0.15, 0.2) is 48.9 Å². The highest BCUT2D eigenvalue weighted by atomic mass is 16.5. The molecule has 4 heterocycles. The zero-order chi connectivity index (χ0) is 23.9. The molecule has 10 heteroatoms. The Morgan fingerprint density at radius 1 is 1.00 bits per heavy atom. The van der Waals surface area contributed by atoms with Gasteiger partial charge in [0.25, 0.3) is 0 Å². The Morgan fingerprint density at radius 2 is 1.86 bits per heavy atom. The number of H-pyrrole nitrogens is 1.